The van der Waals surface area contributed by atoms with Crippen molar-refractivity contribution in [3.05, 3.63) is 51.7 Å². The first-order chi connectivity index (χ1) is 11.0. The fraction of sp³-hybridized carbons (Fsp3) is 0.438. The highest BCUT2D eigenvalue weighted by atomic mass is 16.2. The van der Waals surface area contributed by atoms with Crippen LogP contribution >= 0.6 is 0 Å². The van der Waals surface area contributed by atoms with Crippen LogP contribution in [0.4, 0.5) is 0 Å². The molecule has 0 unspecified atom stereocenters. The number of carbonyl (C=O) groups excluding carboxylic acids is 1. The Bertz CT molecular complexity index is 751. The van der Waals surface area contributed by atoms with E-state index in [0.29, 0.717) is 12.4 Å². The average Bonchev–Trinajstić information content (AvgIpc) is 2.93. The van der Waals surface area contributed by atoms with Crippen molar-refractivity contribution in [2.24, 2.45) is 0 Å². The third kappa shape index (κ3) is 3.50. The van der Waals surface area contributed by atoms with Crippen molar-refractivity contribution in [1.29, 1.82) is 0 Å². The molecule has 122 valence electrons. The summed E-state index contributed by atoms with van der Waals surface area (Å²) >= 11 is 0. The van der Waals surface area contributed by atoms with Gasteiger partial charge in [0.15, 0.2) is 0 Å². The summed E-state index contributed by atoms with van der Waals surface area (Å²) in [4.78, 5) is 29.8. The highest BCUT2D eigenvalue weighted by molar-refractivity contribution is 5.77. The molecule has 0 radical (unpaired) electrons. The van der Waals surface area contributed by atoms with Gasteiger partial charge in [-0.25, -0.2) is 9.89 Å². The molecule has 1 aliphatic heterocycles. The monoisotopic (exact) mass is 315 g/mol. The predicted molar refractivity (Wildman–Crippen MR) is 86.0 cm³/mol. The lowest BCUT2D eigenvalue weighted by Crippen LogP contribution is -2.46. The molecule has 1 atom stereocenters. The third-order valence-electron chi connectivity index (χ3n) is 4.40. The minimum absolute atomic E-state index is 0.0555. The molecule has 0 fully saturated rings. The van der Waals surface area contributed by atoms with Gasteiger partial charge in [-0.3, -0.25) is 14.7 Å². The summed E-state index contributed by atoms with van der Waals surface area (Å²) in [7, 11) is 3.88. The van der Waals surface area contributed by atoms with E-state index in [-0.39, 0.29) is 24.1 Å². The molecule has 7 heteroatoms. The van der Waals surface area contributed by atoms with Crippen LogP contribution < -0.4 is 5.69 Å². The van der Waals surface area contributed by atoms with E-state index in [0.717, 1.165) is 13.0 Å². The van der Waals surface area contributed by atoms with Gasteiger partial charge in [-0.05, 0) is 24.6 Å². The molecule has 23 heavy (non-hydrogen) atoms. The Morgan fingerprint density at radius 1 is 1.39 bits per heavy atom. The number of fused-ring (bicyclic) bond motifs is 1. The number of hydrogen-bond donors (Lipinski definition) is 2. The van der Waals surface area contributed by atoms with Crippen LogP contribution in [0, 0.1) is 0 Å². The normalized spacial score (nSPS) is 17.7. The van der Waals surface area contributed by atoms with Crippen LogP contribution in [0.15, 0.2) is 29.1 Å². The average molecular weight is 315 g/mol. The first-order valence-electron chi connectivity index (χ1n) is 7.67. The maximum atomic E-state index is 12.3. The lowest BCUT2D eigenvalue weighted by Gasteiger charge is -2.36. The van der Waals surface area contributed by atoms with Gasteiger partial charge in [0.25, 0.3) is 0 Å². The molecule has 2 N–H and O–H groups in total. The summed E-state index contributed by atoms with van der Waals surface area (Å²) < 4.78 is 0. The Morgan fingerprint density at radius 2 is 2.13 bits per heavy atom. The minimum Gasteiger partial charge on any atom is -0.344 e. The van der Waals surface area contributed by atoms with Crippen LogP contribution in [0.5, 0.6) is 0 Å². The Kier molecular flexibility index (Phi) is 4.29. The molecule has 0 spiro atoms. The van der Waals surface area contributed by atoms with Gasteiger partial charge in [0.2, 0.25) is 5.91 Å². The molecule has 1 aliphatic rings. The lowest BCUT2D eigenvalue weighted by molar-refractivity contribution is -0.130. The van der Waals surface area contributed by atoms with Crippen molar-refractivity contribution >= 4 is 5.91 Å². The Morgan fingerprint density at radius 3 is 2.83 bits per heavy atom. The van der Waals surface area contributed by atoms with E-state index in [1.165, 1.54) is 11.1 Å². The second-order valence-electron chi connectivity index (χ2n) is 6.12. The van der Waals surface area contributed by atoms with Crippen molar-refractivity contribution in [3.63, 3.8) is 0 Å². The van der Waals surface area contributed by atoms with Gasteiger partial charge in [-0.1, -0.05) is 24.3 Å². The number of aromatic amines is 2. The Balaban J connectivity index is 1.62. The van der Waals surface area contributed by atoms with Gasteiger partial charge in [-0.2, -0.15) is 5.10 Å². The molecule has 0 bridgehead atoms. The number of benzene rings is 1. The molecule has 3 rings (SSSR count). The number of H-pyrrole nitrogens is 2. The maximum Gasteiger partial charge on any atom is 0.340 e. The van der Waals surface area contributed by atoms with Gasteiger partial charge in [0.1, 0.15) is 5.82 Å². The van der Waals surface area contributed by atoms with Crippen molar-refractivity contribution < 1.29 is 4.79 Å². The maximum absolute atomic E-state index is 12.3. The van der Waals surface area contributed by atoms with Gasteiger partial charge in [-0.15, -0.1) is 0 Å². The number of carbonyl (C=O) groups is 1. The van der Waals surface area contributed by atoms with Crippen LogP contribution in [0.3, 0.4) is 0 Å². The van der Waals surface area contributed by atoms with Crippen LogP contribution in [-0.2, 0) is 24.2 Å². The van der Waals surface area contributed by atoms with Crippen molar-refractivity contribution in [1.82, 2.24) is 25.0 Å². The first-order valence-corrected chi connectivity index (χ1v) is 7.67. The molecule has 2 aromatic rings. The van der Waals surface area contributed by atoms with Crippen molar-refractivity contribution in [3.8, 4) is 0 Å². The largest absolute Gasteiger partial charge is 0.344 e. The zero-order valence-corrected chi connectivity index (χ0v) is 13.4. The van der Waals surface area contributed by atoms with Crippen LogP contribution in [0.1, 0.15) is 17.0 Å². The fourth-order valence-electron chi connectivity index (χ4n) is 3.01. The predicted octanol–water partition coefficient (Wildman–Crippen LogP) is 0.156. The molecule has 0 aliphatic carbocycles. The van der Waals surface area contributed by atoms with E-state index < -0.39 is 0 Å². The third-order valence-corrected chi connectivity index (χ3v) is 4.40. The SMILES string of the molecule is CN(C[C@H]1Cc2ccccc2CN1C)C(=O)Cc1n[nH]c(=O)[nH]1. The zero-order chi connectivity index (χ0) is 16.4. The number of amides is 1. The molecule has 7 nitrogen and oxygen atoms in total. The summed E-state index contributed by atoms with van der Waals surface area (Å²) in [6.07, 6.45) is 1.03. The van der Waals surface area contributed by atoms with Crippen LogP contribution in [-0.4, -0.2) is 57.6 Å². The highest BCUT2D eigenvalue weighted by Crippen LogP contribution is 2.22. The summed E-state index contributed by atoms with van der Waals surface area (Å²) in [5.41, 5.74) is 2.32. The summed E-state index contributed by atoms with van der Waals surface area (Å²) in [6.45, 7) is 1.55. The molecule has 2 heterocycles. The number of likely N-dealkylation sites (N-methyl/N-ethyl adjacent to an activating group) is 2. The number of aromatic nitrogens is 3. The van der Waals surface area contributed by atoms with E-state index in [1.54, 1.807) is 11.9 Å². The quantitative estimate of drug-likeness (QED) is 0.841. The topological polar surface area (TPSA) is 85.1 Å². The van der Waals surface area contributed by atoms with Crippen LogP contribution in [0.25, 0.3) is 0 Å². The highest BCUT2D eigenvalue weighted by Gasteiger charge is 2.25. The van der Waals surface area contributed by atoms with E-state index in [9.17, 15) is 9.59 Å². The fourth-order valence-corrected chi connectivity index (χ4v) is 3.01. The minimum atomic E-state index is -0.390. The Labute approximate surface area is 134 Å². The molecular weight excluding hydrogens is 294 g/mol. The number of nitrogens with zero attached hydrogens (tertiary/aromatic N) is 3. The summed E-state index contributed by atoms with van der Waals surface area (Å²) in [5.74, 6) is 0.314. The molecule has 1 aromatic heterocycles. The molecular formula is C16H21N5O2. The number of rotatable bonds is 4. The molecule has 0 saturated carbocycles. The zero-order valence-electron chi connectivity index (χ0n) is 13.4. The Hall–Kier alpha value is -2.41. The van der Waals surface area contributed by atoms with Gasteiger partial charge in [0.05, 0.1) is 6.42 Å². The molecule has 0 saturated heterocycles. The number of nitrogens with one attached hydrogen (secondary N) is 2. The van der Waals surface area contributed by atoms with Crippen molar-refractivity contribution in [2.45, 2.75) is 25.4 Å². The van der Waals surface area contributed by atoms with Gasteiger partial charge >= 0.3 is 5.69 Å². The second kappa shape index (κ2) is 6.37. The second-order valence-corrected chi connectivity index (χ2v) is 6.12. The molecule has 1 aromatic carbocycles. The van der Waals surface area contributed by atoms with E-state index in [4.69, 9.17) is 0 Å². The lowest BCUT2D eigenvalue weighted by atomic mass is 9.94. The van der Waals surface area contributed by atoms with E-state index >= 15 is 0 Å². The number of hydrogen-bond acceptors (Lipinski definition) is 4. The standard InChI is InChI=1S/C16H21N5O2/c1-20-9-12-6-4-3-5-11(12)7-13(20)10-21(2)15(22)8-14-17-16(23)19-18-14/h3-6,13H,7-10H2,1-2H3,(H2,17,18,19,23)/t13-/m1/s1. The van der Waals surface area contributed by atoms with Crippen molar-refractivity contribution in [2.75, 3.05) is 20.6 Å². The van der Waals surface area contributed by atoms with E-state index in [1.807, 2.05) is 0 Å². The summed E-state index contributed by atoms with van der Waals surface area (Å²) in [5, 5.41) is 6.05. The molecule has 1 amide bonds. The van der Waals surface area contributed by atoms with Gasteiger partial charge < -0.3 is 4.90 Å². The summed E-state index contributed by atoms with van der Waals surface area (Å²) in [6, 6.07) is 8.73. The van der Waals surface area contributed by atoms with Gasteiger partial charge in [0, 0.05) is 26.2 Å². The smallest absolute Gasteiger partial charge is 0.340 e. The van der Waals surface area contributed by atoms with Crippen LogP contribution in [0.2, 0.25) is 0 Å². The van der Waals surface area contributed by atoms with E-state index in [2.05, 4.69) is 51.4 Å². The first kappa shape index (κ1) is 15.5.